The Morgan fingerprint density at radius 2 is 2.39 bits per heavy atom. The van der Waals surface area contributed by atoms with Crippen molar-refractivity contribution in [1.82, 2.24) is 10.3 Å². The fraction of sp³-hybridized carbons (Fsp3) is 0.0833. The summed E-state index contributed by atoms with van der Waals surface area (Å²) >= 11 is 1.32. The highest BCUT2D eigenvalue weighted by Gasteiger charge is 2.09. The second kappa shape index (κ2) is 5.38. The summed E-state index contributed by atoms with van der Waals surface area (Å²) in [4.78, 5) is 15.4. The van der Waals surface area contributed by atoms with Gasteiger partial charge in [0.05, 0.1) is 17.1 Å². The molecule has 2 aromatic rings. The largest absolute Gasteiger partial charge is 0.346 e. The molecule has 0 bridgehead atoms. The number of hydrogen-bond donors (Lipinski definition) is 1. The third-order valence-corrected chi connectivity index (χ3v) is 2.87. The van der Waals surface area contributed by atoms with Crippen LogP contribution in [0.1, 0.15) is 21.6 Å². The topological polar surface area (TPSA) is 65.8 Å². The van der Waals surface area contributed by atoms with Crippen molar-refractivity contribution in [2.45, 2.75) is 6.54 Å². The average Bonchev–Trinajstić information content (AvgIpc) is 2.90. The number of hydrogen-bond acceptors (Lipinski definition) is 4. The smallest absolute Gasteiger partial charge is 0.271 e. The molecule has 0 saturated heterocycles. The summed E-state index contributed by atoms with van der Waals surface area (Å²) in [6, 6.07) is 5.98. The lowest BCUT2D eigenvalue weighted by Gasteiger charge is -2.05. The van der Waals surface area contributed by atoms with Crippen LogP contribution in [-0.2, 0) is 6.54 Å². The van der Waals surface area contributed by atoms with Gasteiger partial charge in [0, 0.05) is 17.5 Å². The van der Waals surface area contributed by atoms with E-state index in [-0.39, 0.29) is 18.0 Å². The van der Waals surface area contributed by atoms with Gasteiger partial charge in [-0.05, 0) is 12.1 Å². The summed E-state index contributed by atoms with van der Waals surface area (Å²) in [7, 11) is 0. The van der Waals surface area contributed by atoms with Crippen LogP contribution in [0.25, 0.3) is 0 Å². The Bertz CT molecular complexity index is 604. The molecule has 0 saturated carbocycles. The van der Waals surface area contributed by atoms with Crippen LogP contribution in [0.2, 0.25) is 0 Å². The third-order valence-electron chi connectivity index (χ3n) is 2.29. The van der Waals surface area contributed by atoms with Crippen LogP contribution in [0.5, 0.6) is 0 Å². The van der Waals surface area contributed by atoms with Crippen molar-refractivity contribution in [1.29, 1.82) is 5.26 Å². The second-order valence-corrected chi connectivity index (χ2v) is 4.19. The summed E-state index contributed by atoms with van der Waals surface area (Å²) in [5, 5.41) is 12.8. The van der Waals surface area contributed by atoms with Gasteiger partial charge in [-0.25, -0.2) is 9.37 Å². The molecule has 18 heavy (non-hydrogen) atoms. The normalized spacial score (nSPS) is 9.78. The zero-order chi connectivity index (χ0) is 13.0. The molecule has 0 aliphatic carbocycles. The minimum absolute atomic E-state index is 0.0634. The van der Waals surface area contributed by atoms with Crippen molar-refractivity contribution in [3.05, 3.63) is 51.7 Å². The van der Waals surface area contributed by atoms with E-state index < -0.39 is 5.82 Å². The SMILES string of the molecule is N#Cc1ccc(CNC(=O)c2cscn2)c(F)c1. The number of nitriles is 1. The lowest BCUT2D eigenvalue weighted by atomic mass is 10.1. The molecule has 0 spiro atoms. The molecule has 1 aromatic carbocycles. The van der Waals surface area contributed by atoms with Crippen LogP contribution in [0, 0.1) is 17.1 Å². The molecule has 0 atom stereocenters. The first kappa shape index (κ1) is 12.2. The number of aromatic nitrogens is 1. The number of nitrogens with one attached hydrogen (secondary N) is 1. The van der Waals surface area contributed by atoms with E-state index in [0.29, 0.717) is 11.3 Å². The van der Waals surface area contributed by atoms with E-state index in [2.05, 4.69) is 10.3 Å². The lowest BCUT2D eigenvalue weighted by Crippen LogP contribution is -2.23. The van der Waals surface area contributed by atoms with E-state index in [1.54, 1.807) is 10.9 Å². The Kier molecular flexibility index (Phi) is 3.65. The highest BCUT2D eigenvalue weighted by molar-refractivity contribution is 7.07. The maximum absolute atomic E-state index is 13.5. The molecule has 0 radical (unpaired) electrons. The molecule has 4 nitrogen and oxygen atoms in total. The lowest BCUT2D eigenvalue weighted by molar-refractivity contribution is 0.0946. The number of halogens is 1. The van der Waals surface area contributed by atoms with E-state index in [0.717, 1.165) is 6.07 Å². The van der Waals surface area contributed by atoms with Crippen molar-refractivity contribution in [3.63, 3.8) is 0 Å². The van der Waals surface area contributed by atoms with Crippen molar-refractivity contribution in [2.24, 2.45) is 0 Å². The van der Waals surface area contributed by atoms with Crippen LogP contribution in [0.3, 0.4) is 0 Å². The van der Waals surface area contributed by atoms with E-state index in [4.69, 9.17) is 5.26 Å². The number of nitrogens with zero attached hydrogens (tertiary/aromatic N) is 2. The molecule has 0 fully saturated rings. The van der Waals surface area contributed by atoms with E-state index in [1.807, 2.05) is 6.07 Å². The van der Waals surface area contributed by atoms with Gasteiger partial charge >= 0.3 is 0 Å². The zero-order valence-electron chi connectivity index (χ0n) is 9.18. The Balaban J connectivity index is 2.03. The first-order valence-electron chi connectivity index (χ1n) is 5.05. The first-order chi connectivity index (χ1) is 8.70. The minimum Gasteiger partial charge on any atom is -0.346 e. The fourth-order valence-electron chi connectivity index (χ4n) is 1.35. The Morgan fingerprint density at radius 3 is 3.00 bits per heavy atom. The molecular formula is C12H8FN3OS. The Hall–Kier alpha value is -2.26. The second-order valence-electron chi connectivity index (χ2n) is 3.47. The van der Waals surface area contributed by atoms with Crippen molar-refractivity contribution in [2.75, 3.05) is 0 Å². The highest BCUT2D eigenvalue weighted by atomic mass is 32.1. The van der Waals surface area contributed by atoms with Gasteiger partial charge in [-0.1, -0.05) is 6.07 Å². The summed E-state index contributed by atoms with van der Waals surface area (Å²) in [6.07, 6.45) is 0. The maximum Gasteiger partial charge on any atom is 0.271 e. The maximum atomic E-state index is 13.5. The van der Waals surface area contributed by atoms with Gasteiger partial charge in [-0.15, -0.1) is 11.3 Å². The monoisotopic (exact) mass is 261 g/mol. The molecule has 90 valence electrons. The van der Waals surface area contributed by atoms with Gasteiger partial charge in [0.15, 0.2) is 0 Å². The summed E-state index contributed by atoms with van der Waals surface area (Å²) in [6.45, 7) is 0.0634. The Morgan fingerprint density at radius 1 is 1.56 bits per heavy atom. The molecule has 1 amide bonds. The minimum atomic E-state index is -0.507. The first-order valence-corrected chi connectivity index (χ1v) is 6.00. The Labute approximate surface area is 107 Å². The summed E-state index contributed by atoms with van der Waals surface area (Å²) in [5.41, 5.74) is 2.45. The van der Waals surface area contributed by atoms with Crippen LogP contribution in [0.4, 0.5) is 4.39 Å². The molecular weight excluding hydrogens is 253 g/mol. The van der Waals surface area contributed by atoms with Crippen molar-refractivity contribution >= 4 is 17.2 Å². The standard InChI is InChI=1S/C12H8FN3OS/c13-10-3-8(4-14)1-2-9(10)5-15-12(17)11-6-18-7-16-11/h1-3,6-7H,5H2,(H,15,17). The van der Waals surface area contributed by atoms with E-state index in [1.165, 1.54) is 23.5 Å². The van der Waals surface area contributed by atoms with Crippen LogP contribution < -0.4 is 5.32 Å². The van der Waals surface area contributed by atoms with Crippen LogP contribution in [-0.4, -0.2) is 10.9 Å². The number of rotatable bonds is 3. The molecule has 0 aliphatic heterocycles. The third kappa shape index (κ3) is 2.70. The van der Waals surface area contributed by atoms with E-state index in [9.17, 15) is 9.18 Å². The number of amides is 1. The van der Waals surface area contributed by atoms with Crippen molar-refractivity contribution < 1.29 is 9.18 Å². The zero-order valence-corrected chi connectivity index (χ0v) is 10.00. The van der Waals surface area contributed by atoms with Gasteiger partial charge in [-0.2, -0.15) is 5.26 Å². The summed E-state index contributed by atoms with van der Waals surface area (Å²) in [5.74, 6) is -0.854. The molecule has 0 aliphatic rings. The molecule has 1 heterocycles. The van der Waals surface area contributed by atoms with Gasteiger partial charge in [0.25, 0.3) is 5.91 Å². The molecule has 1 N–H and O–H groups in total. The van der Waals surface area contributed by atoms with Gasteiger partial charge in [0.2, 0.25) is 0 Å². The van der Waals surface area contributed by atoms with Crippen LogP contribution >= 0.6 is 11.3 Å². The van der Waals surface area contributed by atoms with Gasteiger partial charge in [0.1, 0.15) is 11.5 Å². The number of carbonyl (C=O) groups is 1. The predicted molar refractivity (Wildman–Crippen MR) is 64.4 cm³/mol. The quantitative estimate of drug-likeness (QED) is 0.920. The summed E-state index contributed by atoms with van der Waals surface area (Å²) < 4.78 is 13.5. The average molecular weight is 261 g/mol. The van der Waals surface area contributed by atoms with Gasteiger partial charge < -0.3 is 5.32 Å². The fourth-order valence-corrected chi connectivity index (χ4v) is 1.88. The van der Waals surface area contributed by atoms with Crippen LogP contribution in [0.15, 0.2) is 29.1 Å². The number of thiazole rings is 1. The molecule has 2 rings (SSSR count). The van der Waals surface area contributed by atoms with Gasteiger partial charge in [-0.3, -0.25) is 4.79 Å². The number of benzene rings is 1. The number of carbonyl (C=O) groups excluding carboxylic acids is 1. The molecule has 0 unspecified atom stereocenters. The molecule has 6 heteroatoms. The highest BCUT2D eigenvalue weighted by Crippen LogP contribution is 2.10. The predicted octanol–water partition coefficient (Wildman–Crippen LogP) is 2.08. The van der Waals surface area contributed by atoms with Crippen molar-refractivity contribution in [3.8, 4) is 6.07 Å². The molecule has 1 aromatic heterocycles. The van der Waals surface area contributed by atoms with E-state index >= 15 is 0 Å².